The Balaban J connectivity index is 1.82. The lowest BCUT2D eigenvalue weighted by molar-refractivity contribution is 0.261. The number of aromatic amines is 1. The summed E-state index contributed by atoms with van der Waals surface area (Å²) in [5.74, 6) is 0. The van der Waals surface area contributed by atoms with Crippen molar-refractivity contribution in [3.8, 4) is 0 Å². The summed E-state index contributed by atoms with van der Waals surface area (Å²) >= 11 is 0. The molecular weight excluding hydrogens is 212 g/mol. The molecule has 0 amide bonds. The van der Waals surface area contributed by atoms with Gasteiger partial charge in [-0.1, -0.05) is 6.07 Å². The average Bonchev–Trinajstić information content (AvgIpc) is 2.78. The van der Waals surface area contributed by atoms with E-state index in [0.717, 1.165) is 12.1 Å². The molecule has 4 heteroatoms. The molecule has 17 heavy (non-hydrogen) atoms. The number of rotatable bonds is 2. The van der Waals surface area contributed by atoms with Gasteiger partial charge in [0.2, 0.25) is 0 Å². The number of piperidine rings is 1. The lowest BCUT2D eigenvalue weighted by atomic mass is 10.1. The SMILES string of the molecule is CN1CCCC(Nc2cccc3[nH]ncc23)C1. The minimum absolute atomic E-state index is 0.550. The van der Waals surface area contributed by atoms with Crippen molar-refractivity contribution < 1.29 is 0 Å². The molecule has 1 aliphatic rings. The van der Waals surface area contributed by atoms with Crippen LogP contribution in [0.5, 0.6) is 0 Å². The van der Waals surface area contributed by atoms with Gasteiger partial charge in [0.15, 0.2) is 0 Å². The maximum atomic E-state index is 4.09. The van der Waals surface area contributed by atoms with Gasteiger partial charge in [-0.3, -0.25) is 5.10 Å². The number of likely N-dealkylation sites (tertiary alicyclic amines) is 1. The van der Waals surface area contributed by atoms with Gasteiger partial charge in [0.05, 0.1) is 11.7 Å². The molecule has 1 saturated heterocycles. The molecule has 0 saturated carbocycles. The molecule has 90 valence electrons. The van der Waals surface area contributed by atoms with E-state index in [-0.39, 0.29) is 0 Å². The molecule has 2 heterocycles. The number of hydrogen-bond donors (Lipinski definition) is 2. The van der Waals surface area contributed by atoms with Crippen molar-refractivity contribution in [1.82, 2.24) is 15.1 Å². The molecule has 0 aliphatic carbocycles. The molecule has 1 unspecified atom stereocenters. The number of nitrogens with one attached hydrogen (secondary N) is 2. The van der Waals surface area contributed by atoms with Gasteiger partial charge in [-0.2, -0.15) is 5.10 Å². The van der Waals surface area contributed by atoms with E-state index in [4.69, 9.17) is 0 Å². The van der Waals surface area contributed by atoms with Gasteiger partial charge in [0.1, 0.15) is 0 Å². The molecule has 1 aromatic carbocycles. The molecule has 1 aliphatic heterocycles. The Hall–Kier alpha value is -1.55. The Kier molecular flexibility index (Phi) is 2.73. The van der Waals surface area contributed by atoms with Crippen molar-refractivity contribution in [3.05, 3.63) is 24.4 Å². The van der Waals surface area contributed by atoms with Crippen LogP contribution in [0.1, 0.15) is 12.8 Å². The number of aromatic nitrogens is 2. The molecule has 2 N–H and O–H groups in total. The molecule has 4 nitrogen and oxygen atoms in total. The molecule has 1 fully saturated rings. The van der Waals surface area contributed by atoms with Crippen LogP contribution in [0.3, 0.4) is 0 Å². The molecule has 1 aromatic heterocycles. The fraction of sp³-hybridized carbons (Fsp3) is 0.462. The van der Waals surface area contributed by atoms with E-state index in [2.05, 4.69) is 45.7 Å². The normalized spacial score (nSPS) is 21.8. The first-order chi connectivity index (χ1) is 8.33. The number of likely N-dealkylation sites (N-methyl/N-ethyl adjacent to an activating group) is 1. The molecular formula is C13H18N4. The molecule has 0 radical (unpaired) electrons. The molecule has 0 spiro atoms. The van der Waals surface area contributed by atoms with Crippen molar-refractivity contribution in [3.63, 3.8) is 0 Å². The molecule has 3 rings (SSSR count). The summed E-state index contributed by atoms with van der Waals surface area (Å²) in [7, 11) is 2.19. The summed E-state index contributed by atoms with van der Waals surface area (Å²) in [4.78, 5) is 2.39. The number of nitrogens with zero attached hydrogens (tertiary/aromatic N) is 2. The second-order valence-corrected chi connectivity index (χ2v) is 4.88. The Morgan fingerprint density at radius 2 is 2.41 bits per heavy atom. The van der Waals surface area contributed by atoms with E-state index in [9.17, 15) is 0 Å². The Labute approximate surface area is 101 Å². The van der Waals surface area contributed by atoms with Gasteiger partial charge in [0.25, 0.3) is 0 Å². The van der Waals surface area contributed by atoms with Crippen LogP contribution in [0.15, 0.2) is 24.4 Å². The van der Waals surface area contributed by atoms with E-state index in [1.807, 2.05) is 6.20 Å². The van der Waals surface area contributed by atoms with E-state index in [1.54, 1.807) is 0 Å². The third-order valence-corrected chi connectivity index (χ3v) is 3.47. The van der Waals surface area contributed by atoms with Gasteiger partial charge < -0.3 is 10.2 Å². The van der Waals surface area contributed by atoms with Gasteiger partial charge in [-0.25, -0.2) is 0 Å². The minimum atomic E-state index is 0.550. The second kappa shape index (κ2) is 4.37. The van der Waals surface area contributed by atoms with Crippen molar-refractivity contribution in [1.29, 1.82) is 0 Å². The summed E-state index contributed by atoms with van der Waals surface area (Å²) in [6, 6.07) is 6.80. The van der Waals surface area contributed by atoms with E-state index >= 15 is 0 Å². The van der Waals surface area contributed by atoms with Crippen LogP contribution in [0.4, 0.5) is 5.69 Å². The predicted molar refractivity (Wildman–Crippen MR) is 70.2 cm³/mol. The van der Waals surface area contributed by atoms with Gasteiger partial charge in [-0.05, 0) is 38.6 Å². The van der Waals surface area contributed by atoms with Crippen LogP contribution in [-0.4, -0.2) is 41.3 Å². The van der Waals surface area contributed by atoms with Crippen LogP contribution in [0, 0.1) is 0 Å². The summed E-state index contributed by atoms with van der Waals surface area (Å²) in [5.41, 5.74) is 2.29. The number of hydrogen-bond acceptors (Lipinski definition) is 3. The minimum Gasteiger partial charge on any atom is -0.380 e. The predicted octanol–water partition coefficient (Wildman–Crippen LogP) is 2.07. The monoisotopic (exact) mass is 230 g/mol. The Bertz CT molecular complexity index is 505. The van der Waals surface area contributed by atoms with Crippen LogP contribution < -0.4 is 5.32 Å². The summed E-state index contributed by atoms with van der Waals surface area (Å²) in [6.45, 7) is 2.34. The standard InChI is InChI=1S/C13H18N4/c1-17-7-3-4-10(9-17)15-12-5-2-6-13-11(12)8-14-16-13/h2,5-6,8,10,15H,3-4,7,9H2,1H3,(H,14,16). The van der Waals surface area contributed by atoms with Crippen LogP contribution in [0.2, 0.25) is 0 Å². The zero-order valence-corrected chi connectivity index (χ0v) is 10.1. The number of fused-ring (bicyclic) bond motifs is 1. The highest BCUT2D eigenvalue weighted by atomic mass is 15.1. The zero-order valence-electron chi connectivity index (χ0n) is 10.1. The fourth-order valence-corrected chi connectivity index (χ4v) is 2.60. The lowest BCUT2D eigenvalue weighted by Crippen LogP contribution is -2.39. The van der Waals surface area contributed by atoms with Gasteiger partial charge >= 0.3 is 0 Å². The maximum Gasteiger partial charge on any atom is 0.0671 e. The van der Waals surface area contributed by atoms with E-state index in [1.165, 1.54) is 30.5 Å². The third-order valence-electron chi connectivity index (χ3n) is 3.47. The smallest absolute Gasteiger partial charge is 0.0671 e. The number of benzene rings is 1. The van der Waals surface area contributed by atoms with Crippen LogP contribution >= 0.6 is 0 Å². The van der Waals surface area contributed by atoms with Gasteiger partial charge in [0, 0.05) is 23.7 Å². The quantitative estimate of drug-likeness (QED) is 0.830. The second-order valence-electron chi connectivity index (χ2n) is 4.88. The highest BCUT2D eigenvalue weighted by molar-refractivity contribution is 5.90. The highest BCUT2D eigenvalue weighted by Gasteiger charge is 2.17. The van der Waals surface area contributed by atoms with Crippen molar-refractivity contribution >= 4 is 16.6 Å². The molecule has 0 bridgehead atoms. The van der Waals surface area contributed by atoms with Crippen LogP contribution in [0.25, 0.3) is 10.9 Å². The highest BCUT2D eigenvalue weighted by Crippen LogP contribution is 2.23. The average molecular weight is 230 g/mol. The van der Waals surface area contributed by atoms with Crippen molar-refractivity contribution in [2.75, 3.05) is 25.5 Å². The van der Waals surface area contributed by atoms with Crippen molar-refractivity contribution in [2.45, 2.75) is 18.9 Å². The summed E-state index contributed by atoms with van der Waals surface area (Å²) < 4.78 is 0. The van der Waals surface area contributed by atoms with E-state index < -0.39 is 0 Å². The first-order valence-electron chi connectivity index (χ1n) is 6.20. The summed E-state index contributed by atoms with van der Waals surface area (Å²) in [5, 5.41) is 11.9. The molecule has 2 aromatic rings. The van der Waals surface area contributed by atoms with Crippen LogP contribution in [-0.2, 0) is 0 Å². The fourth-order valence-electron chi connectivity index (χ4n) is 2.60. The maximum absolute atomic E-state index is 4.09. The Morgan fingerprint density at radius 1 is 1.47 bits per heavy atom. The third kappa shape index (κ3) is 2.13. The number of anilines is 1. The van der Waals surface area contributed by atoms with Crippen molar-refractivity contribution in [2.24, 2.45) is 0 Å². The largest absolute Gasteiger partial charge is 0.380 e. The summed E-state index contributed by atoms with van der Waals surface area (Å²) in [6.07, 6.45) is 4.41. The lowest BCUT2D eigenvalue weighted by Gasteiger charge is -2.31. The number of H-pyrrole nitrogens is 1. The zero-order chi connectivity index (χ0) is 11.7. The van der Waals surface area contributed by atoms with E-state index in [0.29, 0.717) is 6.04 Å². The topological polar surface area (TPSA) is 44.0 Å². The molecule has 1 atom stereocenters. The Morgan fingerprint density at radius 3 is 3.29 bits per heavy atom. The van der Waals surface area contributed by atoms with Gasteiger partial charge in [-0.15, -0.1) is 0 Å². The first-order valence-corrected chi connectivity index (χ1v) is 6.20. The first kappa shape index (κ1) is 10.6.